The summed E-state index contributed by atoms with van der Waals surface area (Å²) >= 11 is 2.65. The van der Waals surface area contributed by atoms with Gasteiger partial charge in [-0.25, -0.2) is 0 Å². The first-order chi connectivity index (χ1) is 20.4. The van der Waals surface area contributed by atoms with Gasteiger partial charge in [0.15, 0.2) is 10.2 Å². The molecule has 0 fully saturated rings. The zero-order chi connectivity index (χ0) is 30.2. The van der Waals surface area contributed by atoms with E-state index in [2.05, 4.69) is 98.8 Å². The number of unbranched alkanes of at least 4 members (excludes halogenated alkanes) is 2. The Morgan fingerprint density at radius 3 is 1.33 bits per heavy atom. The van der Waals surface area contributed by atoms with Gasteiger partial charge in [-0.15, -0.1) is 0 Å². The fourth-order valence-electron chi connectivity index (χ4n) is 3.95. The molecule has 0 radical (unpaired) electrons. The van der Waals surface area contributed by atoms with Crippen molar-refractivity contribution in [2.75, 3.05) is 13.2 Å². The number of carbonyl (C=O) groups is 2. The monoisotopic (exact) mass is 602 g/mol. The van der Waals surface area contributed by atoms with E-state index in [9.17, 15) is 9.59 Å². The van der Waals surface area contributed by atoms with Gasteiger partial charge in [-0.2, -0.15) is 0 Å². The summed E-state index contributed by atoms with van der Waals surface area (Å²) < 4.78 is 12.5. The normalized spacial score (nSPS) is 11.3. The van der Waals surface area contributed by atoms with E-state index in [-0.39, 0.29) is 10.2 Å². The van der Waals surface area contributed by atoms with E-state index in [1.165, 1.54) is 23.5 Å². The molecule has 6 heteroatoms. The van der Waals surface area contributed by atoms with Crippen molar-refractivity contribution in [2.24, 2.45) is 0 Å². The first-order valence-electron chi connectivity index (χ1n) is 14.6. The standard InChI is InChI=1S/C36H42O4S2/c1-5-7-21-39-35-23-34(20-18-30-11-15-32(16-12-30)26-42-28(4)38)36(40-22-8-6-2)24-33(35)19-17-29-9-13-31(14-10-29)25-41-27(3)37/h9-20,23-24H,5-8,21-22,25-26H2,1-4H3/b19-17+,20-18+. The van der Waals surface area contributed by atoms with Gasteiger partial charge in [0, 0.05) is 36.5 Å². The van der Waals surface area contributed by atoms with Crippen molar-refractivity contribution in [3.63, 3.8) is 0 Å². The molecule has 0 spiro atoms. The number of thioether (sulfide) groups is 2. The molecule has 0 saturated heterocycles. The second-order valence-electron chi connectivity index (χ2n) is 10.0. The van der Waals surface area contributed by atoms with Crippen molar-refractivity contribution >= 4 is 58.1 Å². The summed E-state index contributed by atoms with van der Waals surface area (Å²) in [7, 11) is 0. The summed E-state index contributed by atoms with van der Waals surface area (Å²) in [5, 5.41) is 0.256. The number of ether oxygens (including phenoxy) is 2. The predicted octanol–water partition coefficient (Wildman–Crippen LogP) is 9.94. The van der Waals surface area contributed by atoms with Crippen LogP contribution in [0.25, 0.3) is 24.3 Å². The van der Waals surface area contributed by atoms with Crippen LogP contribution in [0.2, 0.25) is 0 Å². The lowest BCUT2D eigenvalue weighted by Crippen LogP contribution is -2.02. The third kappa shape index (κ3) is 11.9. The topological polar surface area (TPSA) is 52.6 Å². The van der Waals surface area contributed by atoms with Crippen molar-refractivity contribution in [1.29, 1.82) is 0 Å². The van der Waals surface area contributed by atoms with E-state index in [1.807, 2.05) is 0 Å². The lowest BCUT2D eigenvalue weighted by Gasteiger charge is -2.15. The van der Waals surface area contributed by atoms with Crippen molar-refractivity contribution < 1.29 is 19.1 Å². The minimum Gasteiger partial charge on any atom is -0.493 e. The second-order valence-corrected chi connectivity index (χ2v) is 12.3. The van der Waals surface area contributed by atoms with Gasteiger partial charge in [0.2, 0.25) is 0 Å². The van der Waals surface area contributed by atoms with Gasteiger partial charge in [-0.05, 0) is 47.2 Å². The van der Waals surface area contributed by atoms with Crippen LogP contribution in [0.5, 0.6) is 11.5 Å². The molecule has 3 rings (SSSR count). The van der Waals surface area contributed by atoms with Crippen LogP contribution in [0.15, 0.2) is 60.7 Å². The van der Waals surface area contributed by atoms with Crippen LogP contribution in [0.1, 0.15) is 86.8 Å². The maximum atomic E-state index is 11.3. The highest BCUT2D eigenvalue weighted by molar-refractivity contribution is 8.13. The van der Waals surface area contributed by atoms with E-state index < -0.39 is 0 Å². The molecule has 0 heterocycles. The third-order valence-electron chi connectivity index (χ3n) is 6.41. The minimum absolute atomic E-state index is 0.128. The fraction of sp³-hybridized carbons (Fsp3) is 0.333. The van der Waals surface area contributed by atoms with E-state index >= 15 is 0 Å². The zero-order valence-corrected chi connectivity index (χ0v) is 26.8. The van der Waals surface area contributed by atoms with Crippen molar-refractivity contribution in [3.05, 3.63) is 94.0 Å². The molecule has 4 nitrogen and oxygen atoms in total. The maximum absolute atomic E-state index is 11.3. The van der Waals surface area contributed by atoms with Crippen molar-refractivity contribution in [3.8, 4) is 11.5 Å². The summed E-state index contributed by atoms with van der Waals surface area (Å²) in [5.74, 6) is 3.03. The van der Waals surface area contributed by atoms with E-state index in [0.29, 0.717) is 24.7 Å². The Hall–Kier alpha value is -3.22. The first kappa shape index (κ1) is 33.3. The van der Waals surface area contributed by atoms with Crippen LogP contribution >= 0.6 is 23.5 Å². The minimum atomic E-state index is 0.128. The van der Waals surface area contributed by atoms with Crippen LogP contribution < -0.4 is 9.47 Å². The maximum Gasteiger partial charge on any atom is 0.186 e. The van der Waals surface area contributed by atoms with Crippen LogP contribution in [0.4, 0.5) is 0 Å². The molecule has 0 atom stereocenters. The average molecular weight is 603 g/mol. The molecule has 0 amide bonds. The molecule has 0 aromatic heterocycles. The second kappa shape index (κ2) is 18.3. The Labute approximate surface area is 260 Å². The molecule has 0 aliphatic rings. The molecular weight excluding hydrogens is 561 g/mol. The van der Waals surface area contributed by atoms with Gasteiger partial charge in [-0.3, -0.25) is 9.59 Å². The molecule has 0 bridgehead atoms. The number of carbonyl (C=O) groups excluding carboxylic acids is 2. The molecule has 0 aliphatic carbocycles. The lowest BCUT2D eigenvalue weighted by molar-refractivity contribution is -0.109. The van der Waals surface area contributed by atoms with E-state index in [0.717, 1.165) is 70.6 Å². The summed E-state index contributed by atoms with van der Waals surface area (Å²) in [5.41, 5.74) is 6.35. The van der Waals surface area contributed by atoms with Crippen LogP contribution in [-0.2, 0) is 21.1 Å². The quantitative estimate of drug-likeness (QED) is 0.120. The summed E-state index contributed by atoms with van der Waals surface area (Å²) in [6, 6.07) is 20.7. The van der Waals surface area contributed by atoms with Gasteiger partial charge in [0.05, 0.1) is 13.2 Å². The summed E-state index contributed by atoms with van der Waals surface area (Å²) in [6.07, 6.45) is 12.4. The lowest BCUT2D eigenvalue weighted by atomic mass is 10.0. The Kier molecular flexibility index (Phi) is 14.5. The smallest absolute Gasteiger partial charge is 0.186 e. The number of rotatable bonds is 16. The number of hydrogen-bond acceptors (Lipinski definition) is 6. The summed E-state index contributed by atoms with van der Waals surface area (Å²) in [4.78, 5) is 22.6. The molecule has 3 aromatic rings. The highest BCUT2D eigenvalue weighted by Crippen LogP contribution is 2.33. The van der Waals surface area contributed by atoms with E-state index in [1.54, 1.807) is 13.8 Å². The summed E-state index contributed by atoms with van der Waals surface area (Å²) in [6.45, 7) is 8.81. The molecule has 0 unspecified atom stereocenters. The SMILES string of the molecule is CCCCOc1cc(/C=C/c2ccc(CSC(C)=O)cc2)c(OCCCC)cc1/C=C/c1ccc(CSC(C)=O)cc1. The fourth-order valence-corrected chi connectivity index (χ4v) is 5.07. The van der Waals surface area contributed by atoms with Crippen LogP contribution in [0, 0.1) is 0 Å². The Morgan fingerprint density at radius 2 is 1.00 bits per heavy atom. The van der Waals surface area contributed by atoms with Gasteiger partial charge in [0.25, 0.3) is 0 Å². The number of benzene rings is 3. The molecule has 0 N–H and O–H groups in total. The Morgan fingerprint density at radius 1 is 0.619 bits per heavy atom. The van der Waals surface area contributed by atoms with Gasteiger partial charge < -0.3 is 9.47 Å². The molecule has 0 aliphatic heterocycles. The molecule has 3 aromatic carbocycles. The van der Waals surface area contributed by atoms with Gasteiger partial charge in [0.1, 0.15) is 11.5 Å². The van der Waals surface area contributed by atoms with Crippen LogP contribution in [0.3, 0.4) is 0 Å². The largest absolute Gasteiger partial charge is 0.493 e. The third-order valence-corrected chi connectivity index (χ3v) is 8.18. The van der Waals surface area contributed by atoms with Crippen molar-refractivity contribution in [1.82, 2.24) is 0 Å². The highest BCUT2D eigenvalue weighted by Gasteiger charge is 2.10. The molecular formula is C36H42O4S2. The first-order valence-corrected chi connectivity index (χ1v) is 16.6. The molecule has 222 valence electrons. The predicted molar refractivity (Wildman–Crippen MR) is 182 cm³/mol. The van der Waals surface area contributed by atoms with E-state index in [4.69, 9.17) is 9.47 Å². The molecule has 0 saturated carbocycles. The molecule has 42 heavy (non-hydrogen) atoms. The average Bonchev–Trinajstić information content (AvgIpc) is 2.99. The van der Waals surface area contributed by atoms with Crippen molar-refractivity contribution in [2.45, 2.75) is 64.9 Å². The Bertz CT molecular complexity index is 1240. The van der Waals surface area contributed by atoms with Gasteiger partial charge >= 0.3 is 0 Å². The van der Waals surface area contributed by atoms with Gasteiger partial charge in [-0.1, -0.05) is 123 Å². The Balaban J connectivity index is 1.88. The zero-order valence-electron chi connectivity index (χ0n) is 25.2. The van der Waals surface area contributed by atoms with Crippen LogP contribution in [-0.4, -0.2) is 23.4 Å². The highest BCUT2D eigenvalue weighted by atomic mass is 32.2. The number of hydrogen-bond donors (Lipinski definition) is 0.